The van der Waals surface area contributed by atoms with Crippen LogP contribution in [-0.2, 0) is 0 Å². The van der Waals surface area contributed by atoms with E-state index in [1.165, 1.54) is 18.4 Å². The van der Waals surface area contributed by atoms with Crippen LogP contribution in [0.2, 0.25) is 0 Å². The molecule has 3 aromatic rings. The predicted octanol–water partition coefficient (Wildman–Crippen LogP) is 4.25. The first-order valence-corrected chi connectivity index (χ1v) is 6.08. The van der Waals surface area contributed by atoms with Crippen LogP contribution in [0.5, 0.6) is 0 Å². The third-order valence-electron chi connectivity index (χ3n) is 3.30. The Kier molecular flexibility index (Phi) is 2.79. The highest BCUT2D eigenvalue weighted by Crippen LogP contribution is 2.35. The molecule has 100 valence electrons. The maximum Gasteiger partial charge on any atom is 0.372 e. The zero-order chi connectivity index (χ0) is 14.3. The number of carboxylic acids is 1. The monoisotopic (exact) mass is 270 g/mol. The number of rotatable bonds is 2. The SMILES string of the molecule is Cc1ccc2coc(C(=O)O)c2c1-c1ccc(F)cc1. The first-order chi connectivity index (χ1) is 9.58. The molecule has 1 heterocycles. The third-order valence-corrected chi connectivity index (χ3v) is 3.30. The number of halogens is 1. The third kappa shape index (κ3) is 1.86. The van der Waals surface area contributed by atoms with E-state index >= 15 is 0 Å². The van der Waals surface area contributed by atoms with E-state index in [1.54, 1.807) is 12.1 Å². The fourth-order valence-corrected chi connectivity index (χ4v) is 2.39. The van der Waals surface area contributed by atoms with Crippen molar-refractivity contribution in [1.29, 1.82) is 0 Å². The van der Waals surface area contributed by atoms with Crippen LogP contribution in [0, 0.1) is 12.7 Å². The van der Waals surface area contributed by atoms with Crippen molar-refractivity contribution in [1.82, 2.24) is 0 Å². The molecular weight excluding hydrogens is 259 g/mol. The Morgan fingerprint density at radius 2 is 1.85 bits per heavy atom. The lowest BCUT2D eigenvalue weighted by Gasteiger charge is -2.08. The molecule has 3 nitrogen and oxygen atoms in total. The molecule has 0 unspecified atom stereocenters. The van der Waals surface area contributed by atoms with Gasteiger partial charge in [0.15, 0.2) is 0 Å². The Hall–Kier alpha value is -2.62. The van der Waals surface area contributed by atoms with Gasteiger partial charge in [0.1, 0.15) is 5.82 Å². The predicted molar refractivity (Wildman–Crippen MR) is 73.3 cm³/mol. The highest BCUT2D eigenvalue weighted by molar-refractivity contribution is 6.09. The van der Waals surface area contributed by atoms with E-state index in [1.807, 2.05) is 19.1 Å². The smallest absolute Gasteiger partial charge is 0.372 e. The van der Waals surface area contributed by atoms with Gasteiger partial charge in [0.2, 0.25) is 5.76 Å². The van der Waals surface area contributed by atoms with Crippen LogP contribution in [0.1, 0.15) is 16.1 Å². The van der Waals surface area contributed by atoms with Crippen LogP contribution in [-0.4, -0.2) is 11.1 Å². The number of carboxylic acid groups (broad SMARTS) is 1. The minimum atomic E-state index is -1.12. The molecule has 1 N–H and O–H groups in total. The summed E-state index contributed by atoms with van der Waals surface area (Å²) in [5.41, 5.74) is 2.43. The van der Waals surface area contributed by atoms with Crippen LogP contribution < -0.4 is 0 Å². The van der Waals surface area contributed by atoms with Crippen molar-refractivity contribution in [3.63, 3.8) is 0 Å². The Balaban J connectivity index is 2.38. The number of hydrogen-bond donors (Lipinski definition) is 1. The molecule has 0 amide bonds. The molecule has 0 fully saturated rings. The fourth-order valence-electron chi connectivity index (χ4n) is 2.39. The van der Waals surface area contributed by atoms with Crippen molar-refractivity contribution in [2.24, 2.45) is 0 Å². The minimum Gasteiger partial charge on any atom is -0.475 e. The molecule has 3 rings (SSSR count). The fraction of sp³-hybridized carbons (Fsp3) is 0.0625. The number of aryl methyl sites for hydroxylation is 1. The summed E-state index contributed by atoms with van der Waals surface area (Å²) in [5.74, 6) is -1.54. The molecule has 1 aromatic heterocycles. The van der Waals surface area contributed by atoms with Crippen molar-refractivity contribution >= 4 is 16.7 Å². The quantitative estimate of drug-likeness (QED) is 0.757. The Labute approximate surface area is 114 Å². The lowest BCUT2D eigenvalue weighted by Crippen LogP contribution is -1.96. The van der Waals surface area contributed by atoms with Gasteiger partial charge in [-0.3, -0.25) is 0 Å². The Morgan fingerprint density at radius 1 is 1.15 bits per heavy atom. The summed E-state index contributed by atoms with van der Waals surface area (Å²) >= 11 is 0. The summed E-state index contributed by atoms with van der Waals surface area (Å²) in [6.45, 7) is 1.89. The molecule has 0 saturated heterocycles. The highest BCUT2D eigenvalue weighted by Gasteiger charge is 2.19. The molecule has 4 heteroatoms. The summed E-state index contributed by atoms with van der Waals surface area (Å²) in [4.78, 5) is 11.3. The molecule has 2 aromatic carbocycles. The topological polar surface area (TPSA) is 50.4 Å². The van der Waals surface area contributed by atoms with Crippen molar-refractivity contribution in [3.05, 3.63) is 59.8 Å². The molecule has 0 aliphatic rings. The summed E-state index contributed by atoms with van der Waals surface area (Å²) in [6.07, 6.45) is 1.42. The normalized spacial score (nSPS) is 10.9. The molecule has 0 bridgehead atoms. The Bertz CT molecular complexity index is 800. The van der Waals surface area contributed by atoms with E-state index in [2.05, 4.69) is 0 Å². The summed E-state index contributed by atoms with van der Waals surface area (Å²) in [5, 5.41) is 10.5. The van der Waals surface area contributed by atoms with Gasteiger partial charge in [0.25, 0.3) is 0 Å². The summed E-state index contributed by atoms with van der Waals surface area (Å²) < 4.78 is 18.2. The van der Waals surface area contributed by atoms with E-state index in [4.69, 9.17) is 4.42 Å². The zero-order valence-corrected chi connectivity index (χ0v) is 10.7. The first-order valence-electron chi connectivity index (χ1n) is 6.08. The van der Waals surface area contributed by atoms with Crippen molar-refractivity contribution < 1.29 is 18.7 Å². The van der Waals surface area contributed by atoms with Crippen LogP contribution in [0.25, 0.3) is 21.9 Å². The van der Waals surface area contributed by atoms with E-state index in [0.29, 0.717) is 10.8 Å². The summed E-state index contributed by atoms with van der Waals surface area (Å²) in [7, 11) is 0. The Morgan fingerprint density at radius 3 is 2.50 bits per heavy atom. The van der Waals surface area contributed by atoms with Crippen molar-refractivity contribution in [3.8, 4) is 11.1 Å². The van der Waals surface area contributed by atoms with Gasteiger partial charge >= 0.3 is 5.97 Å². The van der Waals surface area contributed by atoms with Gasteiger partial charge in [-0.2, -0.15) is 0 Å². The standard InChI is InChI=1S/C16H11FO3/c1-9-2-3-11-8-20-15(16(18)19)14(11)13(9)10-4-6-12(17)7-5-10/h2-8H,1H3,(H,18,19). The second-order valence-corrected chi connectivity index (χ2v) is 4.60. The van der Waals surface area contributed by atoms with Gasteiger partial charge in [0.05, 0.1) is 6.26 Å². The molecule has 0 saturated carbocycles. The first kappa shape index (κ1) is 12.4. The van der Waals surface area contributed by atoms with Gasteiger partial charge in [-0.05, 0) is 35.7 Å². The van der Waals surface area contributed by atoms with Crippen LogP contribution in [0.15, 0.2) is 47.1 Å². The molecule has 0 spiro atoms. The average molecular weight is 270 g/mol. The zero-order valence-electron chi connectivity index (χ0n) is 10.7. The molecule has 0 aliphatic carbocycles. The van der Waals surface area contributed by atoms with E-state index < -0.39 is 5.97 Å². The van der Waals surface area contributed by atoms with Gasteiger partial charge in [0, 0.05) is 10.8 Å². The van der Waals surface area contributed by atoms with Crippen LogP contribution in [0.3, 0.4) is 0 Å². The van der Waals surface area contributed by atoms with Gasteiger partial charge in [-0.25, -0.2) is 9.18 Å². The van der Waals surface area contributed by atoms with Crippen LogP contribution >= 0.6 is 0 Å². The maximum atomic E-state index is 13.1. The van der Waals surface area contributed by atoms with Gasteiger partial charge in [-0.15, -0.1) is 0 Å². The molecule has 0 atom stereocenters. The minimum absolute atomic E-state index is 0.0944. The average Bonchev–Trinajstić information content (AvgIpc) is 2.84. The maximum absolute atomic E-state index is 13.1. The van der Waals surface area contributed by atoms with E-state index in [0.717, 1.165) is 16.7 Å². The lowest BCUT2D eigenvalue weighted by atomic mass is 9.95. The molecule has 0 aliphatic heterocycles. The summed E-state index contributed by atoms with van der Waals surface area (Å²) in [6, 6.07) is 9.68. The number of hydrogen-bond acceptors (Lipinski definition) is 2. The lowest BCUT2D eigenvalue weighted by molar-refractivity contribution is 0.0665. The van der Waals surface area contributed by atoms with Gasteiger partial charge in [-0.1, -0.05) is 24.3 Å². The highest BCUT2D eigenvalue weighted by atomic mass is 19.1. The van der Waals surface area contributed by atoms with Crippen molar-refractivity contribution in [2.45, 2.75) is 6.92 Å². The molecule has 0 radical (unpaired) electrons. The van der Waals surface area contributed by atoms with Gasteiger partial charge < -0.3 is 9.52 Å². The largest absolute Gasteiger partial charge is 0.475 e. The van der Waals surface area contributed by atoms with Crippen LogP contribution in [0.4, 0.5) is 4.39 Å². The van der Waals surface area contributed by atoms with E-state index in [9.17, 15) is 14.3 Å². The number of fused-ring (bicyclic) bond motifs is 1. The number of benzene rings is 2. The second kappa shape index (κ2) is 4.49. The number of furan rings is 1. The van der Waals surface area contributed by atoms with E-state index in [-0.39, 0.29) is 11.6 Å². The number of carbonyl (C=O) groups is 1. The molecule has 20 heavy (non-hydrogen) atoms. The second-order valence-electron chi connectivity index (χ2n) is 4.60. The van der Waals surface area contributed by atoms with Crippen molar-refractivity contribution in [2.75, 3.05) is 0 Å². The number of aromatic carboxylic acids is 1. The molecular formula is C16H11FO3.